The Morgan fingerprint density at radius 3 is 2.96 bits per heavy atom. The third-order valence-corrected chi connectivity index (χ3v) is 5.42. The standard InChI is InChI=1S/C18H14N4O3S2/c19-10-14-13-5-2-6-15(13)27-17(14)21-18(26)20-16(23)8-7-11-3-1-4-12(9-11)22(24)25/h1,3-4,7-9H,2,5-6H2,(H2,20,21,23,26)/b8-7+. The van der Waals surface area contributed by atoms with Gasteiger partial charge in [0.25, 0.3) is 5.69 Å². The van der Waals surface area contributed by atoms with E-state index < -0.39 is 10.8 Å². The highest BCUT2D eigenvalue weighted by Gasteiger charge is 2.22. The molecule has 0 bridgehead atoms. The van der Waals surface area contributed by atoms with Gasteiger partial charge < -0.3 is 5.32 Å². The first kappa shape index (κ1) is 18.7. The summed E-state index contributed by atoms with van der Waals surface area (Å²) in [5, 5.41) is 26.3. The largest absolute Gasteiger partial charge is 0.323 e. The summed E-state index contributed by atoms with van der Waals surface area (Å²) in [6, 6.07) is 8.14. The predicted molar refractivity (Wildman–Crippen MR) is 108 cm³/mol. The first-order valence-electron chi connectivity index (χ1n) is 8.07. The van der Waals surface area contributed by atoms with E-state index in [1.807, 2.05) is 0 Å². The van der Waals surface area contributed by atoms with E-state index in [0.29, 0.717) is 16.1 Å². The van der Waals surface area contributed by atoms with Crippen LogP contribution in [0, 0.1) is 21.4 Å². The highest BCUT2D eigenvalue weighted by Crippen LogP contribution is 2.38. The predicted octanol–water partition coefficient (Wildman–Crippen LogP) is 3.54. The second-order valence-electron chi connectivity index (χ2n) is 5.80. The van der Waals surface area contributed by atoms with Crippen molar-refractivity contribution in [1.29, 1.82) is 5.26 Å². The number of nitro benzene ring substituents is 1. The molecule has 9 heteroatoms. The molecule has 0 unspecified atom stereocenters. The van der Waals surface area contributed by atoms with Gasteiger partial charge in [-0.1, -0.05) is 12.1 Å². The van der Waals surface area contributed by atoms with Gasteiger partial charge in [0.2, 0.25) is 5.91 Å². The molecule has 0 fully saturated rings. The van der Waals surface area contributed by atoms with Crippen LogP contribution in [0.25, 0.3) is 6.08 Å². The number of hydrogen-bond acceptors (Lipinski definition) is 6. The SMILES string of the molecule is N#Cc1c(NC(=S)NC(=O)/C=C/c2cccc([N+](=O)[O-])c2)sc2c1CCC2. The summed E-state index contributed by atoms with van der Waals surface area (Å²) in [6.45, 7) is 0. The number of nitrogens with one attached hydrogen (secondary N) is 2. The molecule has 0 radical (unpaired) electrons. The Hall–Kier alpha value is -3.09. The minimum absolute atomic E-state index is 0.0514. The van der Waals surface area contributed by atoms with Crippen molar-refractivity contribution >= 4 is 51.3 Å². The molecule has 1 aromatic carbocycles. The summed E-state index contributed by atoms with van der Waals surface area (Å²) < 4.78 is 0. The minimum atomic E-state index is -0.498. The monoisotopic (exact) mass is 398 g/mol. The second-order valence-corrected chi connectivity index (χ2v) is 7.32. The number of nitrogens with zero attached hydrogens (tertiary/aromatic N) is 2. The summed E-state index contributed by atoms with van der Waals surface area (Å²) in [5.74, 6) is -0.471. The number of carbonyl (C=O) groups is 1. The van der Waals surface area contributed by atoms with E-state index in [9.17, 15) is 20.2 Å². The number of nitriles is 1. The Balaban J connectivity index is 1.62. The topological polar surface area (TPSA) is 108 Å². The van der Waals surface area contributed by atoms with E-state index in [2.05, 4.69) is 16.7 Å². The number of nitro groups is 1. The molecule has 1 heterocycles. The van der Waals surface area contributed by atoms with Gasteiger partial charge in [-0.2, -0.15) is 5.26 Å². The van der Waals surface area contributed by atoms with Crippen molar-refractivity contribution in [2.24, 2.45) is 0 Å². The summed E-state index contributed by atoms with van der Waals surface area (Å²) in [6.07, 6.45) is 5.61. The van der Waals surface area contributed by atoms with Crippen molar-refractivity contribution in [1.82, 2.24) is 5.32 Å². The van der Waals surface area contributed by atoms with E-state index in [0.717, 1.165) is 24.8 Å². The molecule has 27 heavy (non-hydrogen) atoms. The summed E-state index contributed by atoms with van der Waals surface area (Å²) >= 11 is 6.63. The number of carbonyl (C=O) groups excluding carboxylic acids is 1. The van der Waals surface area contributed by atoms with Crippen LogP contribution < -0.4 is 10.6 Å². The maximum atomic E-state index is 12.0. The zero-order chi connectivity index (χ0) is 19.4. The first-order chi connectivity index (χ1) is 13.0. The molecular weight excluding hydrogens is 384 g/mol. The Morgan fingerprint density at radius 2 is 2.22 bits per heavy atom. The zero-order valence-electron chi connectivity index (χ0n) is 14.0. The Morgan fingerprint density at radius 1 is 1.41 bits per heavy atom. The van der Waals surface area contributed by atoms with Crippen LogP contribution in [-0.4, -0.2) is 15.9 Å². The highest BCUT2D eigenvalue weighted by molar-refractivity contribution is 7.80. The smallest absolute Gasteiger partial charge is 0.270 e. The van der Waals surface area contributed by atoms with Gasteiger partial charge in [-0.15, -0.1) is 11.3 Å². The highest BCUT2D eigenvalue weighted by atomic mass is 32.1. The third kappa shape index (κ3) is 4.36. The fraction of sp³-hybridized carbons (Fsp3) is 0.167. The van der Waals surface area contributed by atoms with Crippen LogP contribution in [0.1, 0.15) is 28.0 Å². The van der Waals surface area contributed by atoms with Crippen LogP contribution in [0.4, 0.5) is 10.7 Å². The van der Waals surface area contributed by atoms with E-state index >= 15 is 0 Å². The molecule has 0 saturated carbocycles. The van der Waals surface area contributed by atoms with Gasteiger partial charge in [-0.05, 0) is 48.7 Å². The number of aryl methyl sites for hydroxylation is 1. The average molecular weight is 398 g/mol. The molecule has 2 N–H and O–H groups in total. The summed E-state index contributed by atoms with van der Waals surface area (Å²) in [4.78, 5) is 23.5. The van der Waals surface area contributed by atoms with Gasteiger partial charge in [0.15, 0.2) is 5.11 Å². The number of amides is 1. The number of non-ortho nitro benzene ring substituents is 1. The van der Waals surface area contributed by atoms with Gasteiger partial charge >= 0.3 is 0 Å². The van der Waals surface area contributed by atoms with E-state index in [1.54, 1.807) is 12.1 Å². The van der Waals surface area contributed by atoms with Crippen LogP contribution in [0.15, 0.2) is 30.3 Å². The number of thiocarbonyl (C=S) groups is 1. The molecule has 136 valence electrons. The minimum Gasteiger partial charge on any atom is -0.323 e. The van der Waals surface area contributed by atoms with Crippen LogP contribution in [0.2, 0.25) is 0 Å². The molecule has 1 aromatic heterocycles. The second kappa shape index (κ2) is 8.07. The molecule has 0 aliphatic heterocycles. The molecule has 2 aromatic rings. The van der Waals surface area contributed by atoms with E-state index in [4.69, 9.17) is 12.2 Å². The molecule has 1 aliphatic rings. The molecule has 1 amide bonds. The normalized spacial score (nSPS) is 12.4. The van der Waals surface area contributed by atoms with Crippen LogP contribution in [-0.2, 0) is 17.6 Å². The third-order valence-electron chi connectivity index (χ3n) is 4.01. The van der Waals surface area contributed by atoms with Gasteiger partial charge in [-0.3, -0.25) is 20.2 Å². The van der Waals surface area contributed by atoms with Crippen molar-refractivity contribution in [2.75, 3.05) is 5.32 Å². The zero-order valence-corrected chi connectivity index (χ0v) is 15.7. The average Bonchev–Trinajstić information content (AvgIpc) is 3.20. The number of thiophene rings is 1. The maximum absolute atomic E-state index is 12.0. The van der Waals surface area contributed by atoms with Crippen LogP contribution >= 0.6 is 23.6 Å². The molecule has 1 aliphatic carbocycles. The number of hydrogen-bond donors (Lipinski definition) is 2. The lowest BCUT2D eigenvalue weighted by Gasteiger charge is -2.07. The number of rotatable bonds is 4. The van der Waals surface area contributed by atoms with Gasteiger partial charge in [0.1, 0.15) is 11.1 Å². The molecule has 0 saturated heterocycles. The van der Waals surface area contributed by atoms with Crippen molar-refractivity contribution in [3.63, 3.8) is 0 Å². The number of anilines is 1. The van der Waals surface area contributed by atoms with Crippen LogP contribution in [0.3, 0.4) is 0 Å². The van der Waals surface area contributed by atoms with Gasteiger partial charge in [0, 0.05) is 23.1 Å². The lowest BCUT2D eigenvalue weighted by molar-refractivity contribution is -0.384. The molecular formula is C18H14N4O3S2. The fourth-order valence-electron chi connectivity index (χ4n) is 2.81. The quantitative estimate of drug-likeness (QED) is 0.353. The molecule has 0 atom stereocenters. The first-order valence-corrected chi connectivity index (χ1v) is 9.29. The van der Waals surface area contributed by atoms with E-state index in [-0.39, 0.29) is 10.8 Å². The van der Waals surface area contributed by atoms with Crippen molar-refractivity contribution in [2.45, 2.75) is 19.3 Å². The Labute approximate surface area is 164 Å². The number of benzene rings is 1. The molecule has 0 spiro atoms. The Kier molecular flexibility index (Phi) is 5.59. The van der Waals surface area contributed by atoms with Crippen molar-refractivity contribution < 1.29 is 9.72 Å². The van der Waals surface area contributed by atoms with Crippen molar-refractivity contribution in [3.05, 3.63) is 62.0 Å². The lowest BCUT2D eigenvalue weighted by atomic mass is 10.1. The van der Waals surface area contributed by atoms with Gasteiger partial charge in [0.05, 0.1) is 10.5 Å². The summed E-state index contributed by atoms with van der Waals surface area (Å²) in [5.41, 5.74) is 2.14. The van der Waals surface area contributed by atoms with Crippen LogP contribution in [0.5, 0.6) is 0 Å². The lowest BCUT2D eigenvalue weighted by Crippen LogP contribution is -2.32. The number of fused-ring (bicyclic) bond motifs is 1. The summed E-state index contributed by atoms with van der Waals surface area (Å²) in [7, 11) is 0. The maximum Gasteiger partial charge on any atom is 0.270 e. The van der Waals surface area contributed by atoms with Gasteiger partial charge in [-0.25, -0.2) is 0 Å². The molecule has 7 nitrogen and oxygen atoms in total. The van der Waals surface area contributed by atoms with E-state index in [1.165, 1.54) is 40.5 Å². The fourth-order valence-corrected chi connectivity index (χ4v) is 4.32. The van der Waals surface area contributed by atoms with Crippen molar-refractivity contribution in [3.8, 4) is 6.07 Å². The molecule has 3 rings (SSSR count). The Bertz CT molecular complexity index is 1000.